The minimum absolute atomic E-state index is 0. The van der Waals surface area contributed by atoms with Gasteiger partial charge in [0.25, 0.3) is 0 Å². The summed E-state index contributed by atoms with van der Waals surface area (Å²) in [7, 11) is 0. The average Bonchev–Trinajstić information content (AvgIpc) is 1.35. The van der Waals surface area contributed by atoms with Crippen LogP contribution >= 0.6 is 0 Å². The largest absolute Gasteiger partial charge is 1.00 e. The van der Waals surface area contributed by atoms with Gasteiger partial charge in [0.1, 0.15) is 0 Å². The normalized spacial score (nSPS) is 6.57. The van der Waals surface area contributed by atoms with Crippen molar-refractivity contribution >= 4 is 0 Å². The van der Waals surface area contributed by atoms with Crippen LogP contribution in [0.3, 0.4) is 0 Å². The van der Waals surface area contributed by atoms with E-state index in [0.29, 0.717) is 0 Å². The third kappa shape index (κ3) is 10.7. The summed E-state index contributed by atoms with van der Waals surface area (Å²) in [4.78, 5) is 0. The van der Waals surface area contributed by atoms with E-state index in [9.17, 15) is 0 Å². The van der Waals surface area contributed by atoms with E-state index in [1.165, 1.54) is 0 Å². The van der Waals surface area contributed by atoms with E-state index in [4.69, 9.17) is 5.26 Å². The zero-order chi connectivity index (χ0) is 4.99. The molecule has 0 saturated heterocycles. The molecule has 0 aliphatic heterocycles. The van der Waals surface area contributed by atoms with Gasteiger partial charge >= 0.3 is 29.6 Å². The van der Waals surface area contributed by atoms with Crippen molar-refractivity contribution in [2.75, 3.05) is 0 Å². The molecule has 1 N–H and O–H groups in total. The number of nitrogens with zero attached hydrogens (tertiary/aromatic N) is 1. The van der Waals surface area contributed by atoms with Gasteiger partial charge in [-0.25, -0.2) is 0 Å². The Balaban J connectivity index is -0.000000125. The van der Waals surface area contributed by atoms with Crippen molar-refractivity contribution in [2.45, 2.75) is 19.9 Å². The molecule has 36 valence electrons. The molecule has 3 heteroatoms. The summed E-state index contributed by atoms with van der Waals surface area (Å²) in [6.07, 6.45) is 1.82. The Morgan fingerprint density at radius 2 is 2.14 bits per heavy atom. The van der Waals surface area contributed by atoms with Gasteiger partial charge in [0.2, 0.25) is 0 Å². The second-order valence-electron chi connectivity index (χ2n) is 1.41. The second kappa shape index (κ2) is 6.29. The van der Waals surface area contributed by atoms with Crippen LogP contribution < -0.4 is 34.9 Å². The predicted octanol–water partition coefficient (Wildman–Crippen LogP) is -2.42. The number of hydrogen-bond acceptors (Lipinski definition) is 2. The standard InChI is InChI=1S/C4H8N2.Na.H/c1-4(2)6-3-5;;/h4,6H,1-2H3;;/q;+1;-1. The average molecular weight is 108 g/mol. The smallest absolute Gasteiger partial charge is 1.00 e. The summed E-state index contributed by atoms with van der Waals surface area (Å²) >= 11 is 0. The van der Waals surface area contributed by atoms with Crippen LogP contribution in [-0.2, 0) is 0 Å². The molecule has 0 heterocycles. The first-order chi connectivity index (χ1) is 2.77. The first-order valence-corrected chi connectivity index (χ1v) is 1.92. The van der Waals surface area contributed by atoms with Crippen LogP contribution in [0.25, 0.3) is 0 Å². The van der Waals surface area contributed by atoms with Crippen molar-refractivity contribution in [1.29, 1.82) is 5.26 Å². The third-order valence-corrected chi connectivity index (χ3v) is 0.353. The van der Waals surface area contributed by atoms with Gasteiger partial charge in [-0.1, -0.05) is 0 Å². The Bertz CT molecular complexity index is 68.9. The zero-order valence-electron chi connectivity index (χ0n) is 6.02. The maximum Gasteiger partial charge on any atom is 1.00 e. The van der Waals surface area contributed by atoms with Gasteiger partial charge in [-0.2, -0.15) is 5.26 Å². The van der Waals surface area contributed by atoms with Crippen molar-refractivity contribution in [3.8, 4) is 6.19 Å². The molecule has 0 radical (unpaired) electrons. The fourth-order valence-electron chi connectivity index (χ4n) is 0.129. The molecule has 0 aromatic rings. The summed E-state index contributed by atoms with van der Waals surface area (Å²) in [6, 6.07) is 0.287. The maximum atomic E-state index is 7.88. The molecule has 0 fully saturated rings. The van der Waals surface area contributed by atoms with Crippen LogP contribution in [0.2, 0.25) is 0 Å². The van der Waals surface area contributed by atoms with Crippen molar-refractivity contribution in [3.05, 3.63) is 0 Å². The first kappa shape index (κ1) is 10.3. The minimum Gasteiger partial charge on any atom is -1.00 e. The summed E-state index contributed by atoms with van der Waals surface area (Å²) in [5, 5.41) is 10.4. The van der Waals surface area contributed by atoms with Gasteiger partial charge in [-0.15, -0.1) is 0 Å². The van der Waals surface area contributed by atoms with Crippen LogP contribution in [0.4, 0.5) is 0 Å². The van der Waals surface area contributed by atoms with Gasteiger partial charge in [0.15, 0.2) is 6.19 Å². The molecule has 7 heavy (non-hydrogen) atoms. The van der Waals surface area contributed by atoms with Crippen LogP contribution in [0.15, 0.2) is 0 Å². The quantitative estimate of drug-likeness (QED) is 0.230. The van der Waals surface area contributed by atoms with Crippen LogP contribution in [0.1, 0.15) is 15.3 Å². The number of nitriles is 1. The fraction of sp³-hybridized carbons (Fsp3) is 0.750. The monoisotopic (exact) mass is 108 g/mol. The minimum atomic E-state index is 0. The molecule has 0 aliphatic rings. The van der Waals surface area contributed by atoms with Gasteiger partial charge < -0.3 is 6.74 Å². The zero-order valence-corrected chi connectivity index (χ0v) is 7.02. The van der Waals surface area contributed by atoms with Crippen LogP contribution in [-0.4, -0.2) is 6.04 Å². The van der Waals surface area contributed by atoms with Crippen LogP contribution in [0, 0.1) is 11.5 Å². The Hall–Kier alpha value is 0.290. The fourth-order valence-corrected chi connectivity index (χ4v) is 0.129. The van der Waals surface area contributed by atoms with Crippen molar-refractivity contribution in [2.24, 2.45) is 0 Å². The van der Waals surface area contributed by atoms with Crippen molar-refractivity contribution in [1.82, 2.24) is 5.32 Å². The van der Waals surface area contributed by atoms with Crippen LogP contribution in [0.5, 0.6) is 0 Å². The van der Waals surface area contributed by atoms with Gasteiger partial charge in [-0.3, -0.25) is 0 Å². The van der Waals surface area contributed by atoms with E-state index < -0.39 is 0 Å². The maximum absolute atomic E-state index is 7.88. The van der Waals surface area contributed by atoms with Gasteiger partial charge in [-0.05, 0) is 13.8 Å². The summed E-state index contributed by atoms with van der Waals surface area (Å²) in [6.45, 7) is 3.84. The Morgan fingerprint density at radius 3 is 2.14 bits per heavy atom. The van der Waals surface area contributed by atoms with E-state index in [-0.39, 0.29) is 37.0 Å². The molecular weight excluding hydrogens is 99.0 g/mol. The molecule has 0 unspecified atom stereocenters. The molecule has 2 nitrogen and oxygen atoms in total. The molecule has 0 spiro atoms. The number of hydrogen-bond donors (Lipinski definition) is 1. The van der Waals surface area contributed by atoms with Gasteiger partial charge in [0, 0.05) is 6.04 Å². The molecule has 0 amide bonds. The SMILES string of the molecule is CC(C)NC#N.[H-].[Na+]. The van der Waals surface area contributed by atoms with Gasteiger partial charge in [0.05, 0.1) is 0 Å². The molecule has 0 aliphatic carbocycles. The Labute approximate surface area is 67.7 Å². The van der Waals surface area contributed by atoms with E-state index in [0.717, 1.165) is 0 Å². The summed E-state index contributed by atoms with van der Waals surface area (Å²) in [5.41, 5.74) is 0. The molecule has 0 aromatic carbocycles. The van der Waals surface area contributed by atoms with E-state index in [2.05, 4.69) is 5.32 Å². The first-order valence-electron chi connectivity index (χ1n) is 1.92. The second-order valence-corrected chi connectivity index (χ2v) is 1.41. The Kier molecular flexibility index (Phi) is 9.26. The van der Waals surface area contributed by atoms with E-state index in [1.807, 2.05) is 20.0 Å². The molecule has 0 rings (SSSR count). The van der Waals surface area contributed by atoms with E-state index in [1.54, 1.807) is 0 Å². The molecule has 0 bridgehead atoms. The molecule has 0 atom stereocenters. The molecule has 0 saturated carbocycles. The number of nitrogens with one attached hydrogen (secondary N) is 1. The summed E-state index contributed by atoms with van der Waals surface area (Å²) in [5.74, 6) is 0. The van der Waals surface area contributed by atoms with Crippen molar-refractivity contribution in [3.63, 3.8) is 0 Å². The predicted molar refractivity (Wildman–Crippen MR) is 25.0 cm³/mol. The topological polar surface area (TPSA) is 35.8 Å². The number of rotatable bonds is 1. The van der Waals surface area contributed by atoms with E-state index >= 15 is 0 Å². The molecule has 0 aromatic heterocycles. The third-order valence-electron chi connectivity index (χ3n) is 0.353. The summed E-state index contributed by atoms with van der Waals surface area (Å²) < 4.78 is 0. The Morgan fingerprint density at radius 1 is 1.71 bits per heavy atom. The van der Waals surface area contributed by atoms with Crippen molar-refractivity contribution < 1.29 is 31.0 Å². The molecular formula is C4H9N2Na.